The van der Waals surface area contributed by atoms with Crippen molar-refractivity contribution in [2.24, 2.45) is 0 Å². The van der Waals surface area contributed by atoms with Gasteiger partial charge in [-0.2, -0.15) is 0 Å². The second-order valence-electron chi connectivity index (χ2n) is 3.21. The van der Waals surface area contributed by atoms with Crippen molar-refractivity contribution in [3.63, 3.8) is 0 Å². The molecular weight excluding hydrogens is 160 g/mol. The standard InChI is InChI=1S/C8H14O4/c1-2-3-4-5(9)10-7-6-8(11-6)12-7/h5-9H,2-4H2,1H3. The minimum Gasteiger partial charge on any atom is -0.368 e. The van der Waals surface area contributed by atoms with Crippen molar-refractivity contribution in [3.8, 4) is 0 Å². The monoisotopic (exact) mass is 174 g/mol. The van der Waals surface area contributed by atoms with Crippen molar-refractivity contribution in [1.82, 2.24) is 0 Å². The molecule has 0 bridgehead atoms. The summed E-state index contributed by atoms with van der Waals surface area (Å²) in [7, 11) is 0. The average molecular weight is 174 g/mol. The van der Waals surface area contributed by atoms with Gasteiger partial charge >= 0.3 is 0 Å². The van der Waals surface area contributed by atoms with E-state index in [1.807, 2.05) is 0 Å². The summed E-state index contributed by atoms with van der Waals surface area (Å²) in [6, 6.07) is 0. The smallest absolute Gasteiger partial charge is 0.195 e. The zero-order valence-electron chi connectivity index (χ0n) is 7.10. The summed E-state index contributed by atoms with van der Waals surface area (Å²) in [5.41, 5.74) is 0. The number of rotatable bonds is 5. The molecule has 2 rings (SSSR count). The van der Waals surface area contributed by atoms with Gasteiger partial charge in [0.25, 0.3) is 0 Å². The van der Waals surface area contributed by atoms with Crippen LogP contribution in [0.1, 0.15) is 26.2 Å². The molecule has 0 aromatic heterocycles. The largest absolute Gasteiger partial charge is 0.368 e. The predicted molar refractivity (Wildman–Crippen MR) is 40.2 cm³/mol. The molecule has 2 fully saturated rings. The molecule has 1 N–H and O–H groups in total. The van der Waals surface area contributed by atoms with Gasteiger partial charge in [0, 0.05) is 0 Å². The molecule has 0 amide bonds. The van der Waals surface area contributed by atoms with E-state index in [2.05, 4.69) is 6.92 Å². The molecule has 2 heterocycles. The molecule has 0 saturated carbocycles. The van der Waals surface area contributed by atoms with Gasteiger partial charge in [-0.1, -0.05) is 13.3 Å². The van der Waals surface area contributed by atoms with E-state index < -0.39 is 6.29 Å². The highest BCUT2D eigenvalue weighted by molar-refractivity contribution is 4.90. The summed E-state index contributed by atoms with van der Waals surface area (Å²) in [5.74, 6) is 0. The summed E-state index contributed by atoms with van der Waals surface area (Å²) in [6.07, 6.45) is 1.77. The van der Waals surface area contributed by atoms with Crippen LogP contribution in [0.4, 0.5) is 0 Å². The minimum atomic E-state index is -0.694. The van der Waals surface area contributed by atoms with E-state index in [9.17, 15) is 5.11 Å². The second kappa shape index (κ2) is 3.30. The fourth-order valence-corrected chi connectivity index (χ4v) is 1.24. The van der Waals surface area contributed by atoms with E-state index >= 15 is 0 Å². The first kappa shape index (κ1) is 8.44. The quantitative estimate of drug-likeness (QED) is 0.489. The van der Waals surface area contributed by atoms with Gasteiger partial charge in [-0.25, -0.2) is 0 Å². The van der Waals surface area contributed by atoms with Gasteiger partial charge in [0.15, 0.2) is 25.0 Å². The average Bonchev–Trinajstić information content (AvgIpc) is 2.69. The number of unbranched alkanes of at least 4 members (excludes halogenated alkanes) is 1. The van der Waals surface area contributed by atoms with Crippen LogP contribution >= 0.6 is 0 Å². The van der Waals surface area contributed by atoms with E-state index in [4.69, 9.17) is 14.2 Å². The Labute approximate surface area is 71.4 Å². The minimum absolute atomic E-state index is 0.0339. The molecule has 2 aliphatic heterocycles. The SMILES string of the molecule is CCCCC(O)OC1OC2OC12. The van der Waals surface area contributed by atoms with E-state index in [1.54, 1.807) is 0 Å². The van der Waals surface area contributed by atoms with Gasteiger partial charge < -0.3 is 19.3 Å². The summed E-state index contributed by atoms with van der Waals surface area (Å²) in [4.78, 5) is 0. The summed E-state index contributed by atoms with van der Waals surface area (Å²) >= 11 is 0. The first-order chi connectivity index (χ1) is 5.81. The molecule has 4 unspecified atom stereocenters. The number of hydrogen-bond donors (Lipinski definition) is 1. The van der Waals surface area contributed by atoms with Crippen molar-refractivity contribution in [2.45, 2.75) is 51.2 Å². The molecule has 0 spiro atoms. The van der Waals surface area contributed by atoms with Gasteiger partial charge in [0.1, 0.15) is 0 Å². The van der Waals surface area contributed by atoms with Gasteiger partial charge in [0.2, 0.25) is 0 Å². The maximum Gasteiger partial charge on any atom is 0.195 e. The molecule has 70 valence electrons. The van der Waals surface area contributed by atoms with Crippen molar-refractivity contribution >= 4 is 0 Å². The highest BCUT2D eigenvalue weighted by Crippen LogP contribution is 2.41. The van der Waals surface area contributed by atoms with Gasteiger partial charge in [0.05, 0.1) is 0 Å². The number of epoxide rings is 1. The van der Waals surface area contributed by atoms with Crippen LogP contribution in [0.5, 0.6) is 0 Å². The summed E-state index contributed by atoms with van der Waals surface area (Å²) < 4.78 is 15.2. The Morgan fingerprint density at radius 3 is 2.83 bits per heavy atom. The van der Waals surface area contributed by atoms with Crippen LogP contribution in [0, 0.1) is 0 Å². The molecule has 2 saturated heterocycles. The number of hydrogen-bond acceptors (Lipinski definition) is 4. The molecule has 4 heteroatoms. The van der Waals surface area contributed by atoms with E-state index in [-0.39, 0.29) is 18.7 Å². The van der Waals surface area contributed by atoms with E-state index in [1.165, 1.54) is 0 Å². The Hall–Kier alpha value is -0.160. The molecule has 2 aliphatic rings. The Morgan fingerprint density at radius 2 is 2.33 bits per heavy atom. The Kier molecular flexibility index (Phi) is 2.32. The lowest BCUT2D eigenvalue weighted by Crippen LogP contribution is -2.38. The molecule has 0 aromatic rings. The van der Waals surface area contributed by atoms with Crippen LogP contribution in [-0.4, -0.2) is 30.1 Å². The maximum atomic E-state index is 9.29. The van der Waals surface area contributed by atoms with Crippen LogP contribution in [-0.2, 0) is 14.2 Å². The van der Waals surface area contributed by atoms with Crippen LogP contribution in [0.2, 0.25) is 0 Å². The molecule has 0 aliphatic carbocycles. The Morgan fingerprint density at radius 1 is 1.50 bits per heavy atom. The van der Waals surface area contributed by atoms with Gasteiger partial charge in [-0.05, 0) is 12.8 Å². The molecule has 0 radical (unpaired) electrons. The van der Waals surface area contributed by atoms with Crippen LogP contribution < -0.4 is 0 Å². The number of aliphatic hydroxyl groups is 1. The summed E-state index contributed by atoms with van der Waals surface area (Å²) in [5, 5.41) is 9.29. The third-order valence-electron chi connectivity index (χ3n) is 2.12. The lowest BCUT2D eigenvalue weighted by atomic mass is 10.2. The fourth-order valence-electron chi connectivity index (χ4n) is 1.24. The zero-order valence-corrected chi connectivity index (χ0v) is 7.10. The third-order valence-corrected chi connectivity index (χ3v) is 2.12. The van der Waals surface area contributed by atoms with E-state index in [0.29, 0.717) is 6.42 Å². The van der Waals surface area contributed by atoms with Crippen LogP contribution in [0.25, 0.3) is 0 Å². The number of aliphatic hydroxyl groups excluding tert-OH is 1. The van der Waals surface area contributed by atoms with Crippen molar-refractivity contribution in [3.05, 3.63) is 0 Å². The highest BCUT2D eigenvalue weighted by Gasteiger charge is 2.60. The number of ether oxygens (including phenoxy) is 3. The number of fused-ring (bicyclic) bond motifs is 1. The second-order valence-corrected chi connectivity index (χ2v) is 3.21. The van der Waals surface area contributed by atoms with Crippen molar-refractivity contribution < 1.29 is 19.3 Å². The van der Waals surface area contributed by atoms with Gasteiger partial charge in [-0.3, -0.25) is 0 Å². The fraction of sp³-hybridized carbons (Fsp3) is 1.00. The predicted octanol–water partition coefficient (Wildman–Crippen LogP) is 0.593. The Bertz CT molecular complexity index is 161. The maximum absolute atomic E-state index is 9.29. The summed E-state index contributed by atoms with van der Waals surface area (Å²) in [6.45, 7) is 2.08. The Balaban J connectivity index is 1.58. The molecule has 0 aromatic carbocycles. The third kappa shape index (κ3) is 1.61. The lowest BCUT2D eigenvalue weighted by molar-refractivity contribution is -0.268. The molecular formula is C8H14O4. The van der Waals surface area contributed by atoms with Crippen LogP contribution in [0.3, 0.4) is 0 Å². The zero-order chi connectivity index (χ0) is 8.55. The molecule has 12 heavy (non-hydrogen) atoms. The van der Waals surface area contributed by atoms with Crippen molar-refractivity contribution in [2.75, 3.05) is 0 Å². The lowest BCUT2D eigenvalue weighted by Gasteiger charge is -2.24. The topological polar surface area (TPSA) is 51.2 Å². The van der Waals surface area contributed by atoms with E-state index in [0.717, 1.165) is 12.8 Å². The highest BCUT2D eigenvalue weighted by atomic mass is 16.9. The molecule has 4 nitrogen and oxygen atoms in total. The molecule has 4 atom stereocenters. The first-order valence-corrected chi connectivity index (χ1v) is 4.45. The first-order valence-electron chi connectivity index (χ1n) is 4.45. The van der Waals surface area contributed by atoms with Crippen molar-refractivity contribution in [1.29, 1.82) is 0 Å². The normalized spacial score (nSPS) is 40.0. The van der Waals surface area contributed by atoms with Crippen LogP contribution in [0.15, 0.2) is 0 Å². The van der Waals surface area contributed by atoms with Gasteiger partial charge in [-0.15, -0.1) is 0 Å².